The quantitative estimate of drug-likeness (QED) is 0.642. The third-order valence-corrected chi connectivity index (χ3v) is 5.07. The van der Waals surface area contributed by atoms with Gasteiger partial charge in [-0.1, -0.05) is 54.6 Å². The largest absolute Gasteiger partial charge is 0.117 e. The fraction of sp³-hybridized carbons (Fsp3) is 0.125. The van der Waals surface area contributed by atoms with Gasteiger partial charge in [-0.2, -0.15) is 0 Å². The maximum atomic E-state index is 2.37. The fourth-order valence-electron chi connectivity index (χ4n) is 2.83. The Morgan fingerprint density at radius 3 is 2.53 bits per heavy atom. The predicted octanol–water partition coefficient (Wildman–Crippen LogP) is 4.64. The summed E-state index contributed by atoms with van der Waals surface area (Å²) in [5.74, 6) is 0.561. The standard InChI is InChI=1S/C16H12S/c1-2-6-12-11(5-1)9-10-14-13-7-3-4-8-15(13)17-16(12)14/h1-10,14,16H/t14-,16+/m1/s1. The van der Waals surface area contributed by atoms with Gasteiger partial charge in [0.2, 0.25) is 0 Å². The lowest BCUT2D eigenvalue weighted by Crippen LogP contribution is -2.06. The van der Waals surface area contributed by atoms with E-state index >= 15 is 0 Å². The molecule has 0 saturated carbocycles. The molecular formula is C16H12S. The van der Waals surface area contributed by atoms with E-state index in [1.807, 2.05) is 11.8 Å². The van der Waals surface area contributed by atoms with E-state index in [2.05, 4.69) is 60.7 Å². The fourth-order valence-corrected chi connectivity index (χ4v) is 4.32. The minimum absolute atomic E-state index is 0.561. The van der Waals surface area contributed by atoms with E-state index in [1.54, 1.807) is 0 Å². The van der Waals surface area contributed by atoms with Crippen molar-refractivity contribution in [2.24, 2.45) is 0 Å². The monoisotopic (exact) mass is 236 g/mol. The van der Waals surface area contributed by atoms with Crippen LogP contribution in [0.3, 0.4) is 0 Å². The first-order valence-corrected chi connectivity index (χ1v) is 6.84. The molecule has 0 aromatic heterocycles. The molecule has 0 spiro atoms. The van der Waals surface area contributed by atoms with Crippen LogP contribution in [-0.2, 0) is 0 Å². The molecule has 2 aromatic carbocycles. The van der Waals surface area contributed by atoms with Crippen LogP contribution in [0.25, 0.3) is 6.08 Å². The molecular weight excluding hydrogens is 224 g/mol. The molecule has 0 saturated heterocycles. The molecule has 0 nitrogen and oxygen atoms in total. The summed E-state index contributed by atoms with van der Waals surface area (Å²) in [5.41, 5.74) is 4.36. The lowest BCUT2D eigenvalue weighted by molar-refractivity contribution is 0.818. The van der Waals surface area contributed by atoms with Gasteiger partial charge in [-0.25, -0.2) is 0 Å². The van der Waals surface area contributed by atoms with E-state index in [-0.39, 0.29) is 0 Å². The normalized spacial score (nSPS) is 24.0. The lowest BCUT2D eigenvalue weighted by atomic mass is 9.85. The molecule has 2 aliphatic rings. The number of thioether (sulfide) groups is 1. The molecule has 0 radical (unpaired) electrons. The van der Waals surface area contributed by atoms with E-state index in [0.717, 1.165) is 0 Å². The van der Waals surface area contributed by atoms with E-state index in [4.69, 9.17) is 0 Å². The van der Waals surface area contributed by atoms with Crippen LogP contribution in [0.1, 0.15) is 27.9 Å². The van der Waals surface area contributed by atoms with E-state index < -0.39 is 0 Å². The first kappa shape index (κ1) is 9.55. The van der Waals surface area contributed by atoms with Gasteiger partial charge in [-0.3, -0.25) is 0 Å². The van der Waals surface area contributed by atoms with Crippen LogP contribution < -0.4 is 0 Å². The smallest absolute Gasteiger partial charge is 0.0454 e. The summed E-state index contributed by atoms with van der Waals surface area (Å²) in [6.45, 7) is 0. The molecule has 1 heteroatoms. The summed E-state index contributed by atoms with van der Waals surface area (Å²) in [6, 6.07) is 17.6. The highest BCUT2D eigenvalue weighted by atomic mass is 32.2. The second kappa shape index (κ2) is 3.51. The molecule has 0 amide bonds. The second-order valence-electron chi connectivity index (χ2n) is 4.59. The third-order valence-electron chi connectivity index (χ3n) is 3.64. The molecule has 1 heterocycles. The van der Waals surface area contributed by atoms with E-state index in [0.29, 0.717) is 11.2 Å². The van der Waals surface area contributed by atoms with Gasteiger partial charge >= 0.3 is 0 Å². The van der Waals surface area contributed by atoms with Crippen molar-refractivity contribution in [3.05, 3.63) is 71.3 Å². The Kier molecular flexibility index (Phi) is 1.97. The molecule has 1 aliphatic heterocycles. The summed E-state index contributed by atoms with van der Waals surface area (Å²) in [4.78, 5) is 1.45. The van der Waals surface area contributed by atoms with Gasteiger partial charge in [-0.05, 0) is 22.8 Å². The minimum atomic E-state index is 0.561. The van der Waals surface area contributed by atoms with E-state index in [9.17, 15) is 0 Å². The van der Waals surface area contributed by atoms with Gasteiger partial charge in [0, 0.05) is 16.1 Å². The number of rotatable bonds is 0. The van der Waals surface area contributed by atoms with Gasteiger partial charge in [0.05, 0.1) is 0 Å². The van der Waals surface area contributed by atoms with Crippen molar-refractivity contribution in [3.8, 4) is 0 Å². The average molecular weight is 236 g/mol. The minimum Gasteiger partial charge on any atom is -0.117 e. The maximum absolute atomic E-state index is 2.37. The van der Waals surface area contributed by atoms with Crippen molar-refractivity contribution >= 4 is 17.8 Å². The lowest BCUT2D eigenvalue weighted by Gasteiger charge is -2.23. The Hall–Kier alpha value is -1.47. The van der Waals surface area contributed by atoms with Gasteiger partial charge in [-0.15, -0.1) is 11.8 Å². The van der Waals surface area contributed by atoms with Crippen LogP contribution in [0.15, 0.2) is 59.5 Å². The number of fused-ring (bicyclic) bond motifs is 5. The Morgan fingerprint density at radius 2 is 1.59 bits per heavy atom. The molecule has 2 atom stereocenters. The first-order chi connectivity index (χ1) is 8.43. The van der Waals surface area contributed by atoms with Crippen molar-refractivity contribution in [2.45, 2.75) is 16.1 Å². The zero-order valence-electron chi connectivity index (χ0n) is 9.34. The summed E-state index contributed by atoms with van der Waals surface area (Å²) in [5, 5.41) is 0.577. The summed E-state index contributed by atoms with van der Waals surface area (Å²) >= 11 is 2.01. The zero-order valence-corrected chi connectivity index (χ0v) is 10.2. The zero-order chi connectivity index (χ0) is 11.2. The number of allylic oxidation sites excluding steroid dienone is 1. The molecule has 4 rings (SSSR count). The van der Waals surface area contributed by atoms with Crippen molar-refractivity contribution in [1.29, 1.82) is 0 Å². The molecule has 17 heavy (non-hydrogen) atoms. The van der Waals surface area contributed by atoms with Gasteiger partial charge in [0.15, 0.2) is 0 Å². The van der Waals surface area contributed by atoms with Gasteiger partial charge < -0.3 is 0 Å². The molecule has 0 bridgehead atoms. The summed E-state index contributed by atoms with van der Waals surface area (Å²) in [7, 11) is 0. The first-order valence-electron chi connectivity index (χ1n) is 5.96. The Balaban J connectivity index is 1.90. The van der Waals surface area contributed by atoms with Gasteiger partial charge in [0.1, 0.15) is 0 Å². The Labute approximate surface area is 105 Å². The SMILES string of the molecule is C1=C[C@@H]2c3ccccc3S[C@H]2c2ccccc21. The van der Waals surface area contributed by atoms with Crippen LogP contribution in [0.5, 0.6) is 0 Å². The van der Waals surface area contributed by atoms with Crippen molar-refractivity contribution < 1.29 is 0 Å². The highest BCUT2D eigenvalue weighted by Gasteiger charge is 2.35. The highest BCUT2D eigenvalue weighted by molar-refractivity contribution is 8.00. The second-order valence-corrected chi connectivity index (χ2v) is 5.77. The Bertz CT molecular complexity index is 612. The third kappa shape index (κ3) is 1.32. The van der Waals surface area contributed by atoms with E-state index in [1.165, 1.54) is 21.6 Å². The van der Waals surface area contributed by atoms with Crippen LogP contribution in [0.2, 0.25) is 0 Å². The molecule has 0 unspecified atom stereocenters. The van der Waals surface area contributed by atoms with Gasteiger partial charge in [0.25, 0.3) is 0 Å². The average Bonchev–Trinajstić information content (AvgIpc) is 2.78. The number of benzene rings is 2. The molecule has 82 valence electrons. The number of hydrogen-bond donors (Lipinski definition) is 0. The summed E-state index contributed by atoms with van der Waals surface area (Å²) < 4.78 is 0. The Morgan fingerprint density at radius 1 is 0.824 bits per heavy atom. The van der Waals surface area contributed by atoms with Crippen molar-refractivity contribution in [2.75, 3.05) is 0 Å². The van der Waals surface area contributed by atoms with Crippen molar-refractivity contribution in [3.63, 3.8) is 0 Å². The highest BCUT2D eigenvalue weighted by Crippen LogP contribution is 2.57. The summed E-state index contributed by atoms with van der Waals surface area (Å²) in [6.07, 6.45) is 4.64. The van der Waals surface area contributed by atoms with Crippen molar-refractivity contribution in [1.82, 2.24) is 0 Å². The maximum Gasteiger partial charge on any atom is 0.0454 e. The molecule has 0 N–H and O–H groups in total. The van der Waals surface area contributed by atoms with Crippen LogP contribution in [0, 0.1) is 0 Å². The molecule has 0 fully saturated rings. The van der Waals surface area contributed by atoms with Crippen LogP contribution in [-0.4, -0.2) is 0 Å². The topological polar surface area (TPSA) is 0 Å². The predicted molar refractivity (Wildman–Crippen MR) is 73.3 cm³/mol. The number of hydrogen-bond acceptors (Lipinski definition) is 1. The van der Waals surface area contributed by atoms with Crippen LogP contribution >= 0.6 is 11.8 Å². The van der Waals surface area contributed by atoms with Crippen LogP contribution in [0.4, 0.5) is 0 Å². The molecule has 1 aliphatic carbocycles. The molecule has 2 aromatic rings.